The number of anilines is 4. The van der Waals surface area contributed by atoms with E-state index >= 15 is 0 Å². The average Bonchev–Trinajstić information content (AvgIpc) is 2.74. The zero-order valence-electron chi connectivity index (χ0n) is 17.3. The van der Waals surface area contributed by atoms with Crippen LogP contribution in [0.25, 0.3) is 0 Å². The van der Waals surface area contributed by atoms with Crippen LogP contribution < -0.4 is 20.9 Å². The van der Waals surface area contributed by atoms with Crippen LogP contribution in [0.15, 0.2) is 18.2 Å². The Morgan fingerprint density at radius 2 is 1.77 bits per heavy atom. The molecule has 2 aliphatic rings. The summed E-state index contributed by atoms with van der Waals surface area (Å²) >= 11 is 0. The number of hydrogen-bond donors (Lipinski definition) is 2. The van der Waals surface area contributed by atoms with Crippen LogP contribution in [-0.2, 0) is 0 Å². The Hall–Kier alpha value is -3.01. The lowest BCUT2D eigenvalue weighted by Crippen LogP contribution is -2.44. The first-order valence-corrected chi connectivity index (χ1v) is 10.5. The van der Waals surface area contributed by atoms with E-state index < -0.39 is 0 Å². The summed E-state index contributed by atoms with van der Waals surface area (Å²) in [5.41, 5.74) is 7.54. The van der Waals surface area contributed by atoms with E-state index in [0.717, 1.165) is 51.9 Å². The molecule has 30 heavy (non-hydrogen) atoms. The van der Waals surface area contributed by atoms with Gasteiger partial charge in [-0.2, -0.15) is 15.0 Å². The van der Waals surface area contributed by atoms with E-state index in [1.165, 1.54) is 12.5 Å². The van der Waals surface area contributed by atoms with Crippen molar-refractivity contribution in [2.24, 2.45) is 5.73 Å². The third kappa shape index (κ3) is 4.59. The standard InChI is InChI=1S/C20H28N8O2/c1-14-12-16(7-8-17(14)28(29)30)22-18-23-19(26-9-3-2-4-10-26)25-20(24-18)27-11-5-6-15(21)13-27/h7-8,12,15H,2-6,9-11,13,21H2,1H3,(H,22,23,24,25). The Labute approximate surface area is 175 Å². The minimum absolute atomic E-state index is 0.0909. The highest BCUT2D eigenvalue weighted by molar-refractivity contribution is 5.60. The zero-order chi connectivity index (χ0) is 21.1. The lowest BCUT2D eigenvalue weighted by Gasteiger charge is -2.32. The third-order valence-corrected chi connectivity index (χ3v) is 5.64. The van der Waals surface area contributed by atoms with E-state index in [1.807, 2.05) is 0 Å². The Bertz CT molecular complexity index is 916. The number of nitrogens with two attached hydrogens (primary N) is 1. The van der Waals surface area contributed by atoms with Crippen LogP contribution in [0.2, 0.25) is 0 Å². The van der Waals surface area contributed by atoms with Crippen LogP contribution in [0, 0.1) is 17.0 Å². The summed E-state index contributed by atoms with van der Waals surface area (Å²) in [6.07, 6.45) is 5.49. The fourth-order valence-corrected chi connectivity index (χ4v) is 4.05. The van der Waals surface area contributed by atoms with Crippen LogP contribution in [0.4, 0.5) is 29.2 Å². The predicted molar refractivity (Wildman–Crippen MR) is 116 cm³/mol. The summed E-state index contributed by atoms with van der Waals surface area (Å²) in [4.78, 5) is 29.1. The molecule has 2 fully saturated rings. The molecule has 3 heterocycles. The van der Waals surface area contributed by atoms with Gasteiger partial charge in [0.2, 0.25) is 17.8 Å². The molecule has 1 atom stereocenters. The topological polar surface area (TPSA) is 126 Å². The molecule has 0 spiro atoms. The van der Waals surface area contributed by atoms with Crippen molar-refractivity contribution in [3.63, 3.8) is 0 Å². The number of aryl methyl sites for hydroxylation is 1. The van der Waals surface area contributed by atoms with Crippen LogP contribution in [0.1, 0.15) is 37.7 Å². The summed E-state index contributed by atoms with van der Waals surface area (Å²) in [5.74, 6) is 1.73. The van der Waals surface area contributed by atoms with Crippen LogP contribution in [0.3, 0.4) is 0 Å². The normalized spacial score (nSPS) is 19.6. The first kappa shape index (κ1) is 20.3. The zero-order valence-corrected chi connectivity index (χ0v) is 17.3. The van der Waals surface area contributed by atoms with E-state index in [-0.39, 0.29) is 16.7 Å². The molecule has 1 aromatic carbocycles. The number of aromatic nitrogens is 3. The Kier molecular flexibility index (Phi) is 5.93. The number of hydrogen-bond acceptors (Lipinski definition) is 9. The molecular weight excluding hydrogens is 384 g/mol. The van der Waals surface area contributed by atoms with Gasteiger partial charge in [-0.25, -0.2) is 0 Å². The number of nitro benzene ring substituents is 1. The van der Waals surface area contributed by atoms with Crippen LogP contribution in [0.5, 0.6) is 0 Å². The van der Waals surface area contributed by atoms with E-state index in [4.69, 9.17) is 10.7 Å². The van der Waals surface area contributed by atoms with Crippen molar-refractivity contribution in [1.82, 2.24) is 15.0 Å². The van der Waals surface area contributed by atoms with Gasteiger partial charge in [-0.15, -0.1) is 0 Å². The largest absolute Gasteiger partial charge is 0.341 e. The van der Waals surface area contributed by atoms with Crippen LogP contribution in [-0.4, -0.2) is 52.1 Å². The Morgan fingerprint density at radius 3 is 2.43 bits per heavy atom. The number of nitrogens with zero attached hydrogens (tertiary/aromatic N) is 6. The second-order valence-electron chi connectivity index (χ2n) is 8.04. The highest BCUT2D eigenvalue weighted by Crippen LogP contribution is 2.26. The summed E-state index contributed by atoms with van der Waals surface area (Å²) in [6.45, 7) is 5.17. The quantitative estimate of drug-likeness (QED) is 0.563. The summed E-state index contributed by atoms with van der Waals surface area (Å²) < 4.78 is 0. The number of benzene rings is 1. The molecule has 3 N–H and O–H groups in total. The highest BCUT2D eigenvalue weighted by Gasteiger charge is 2.23. The van der Waals surface area contributed by atoms with E-state index in [2.05, 4.69) is 25.1 Å². The number of rotatable bonds is 5. The summed E-state index contributed by atoms with van der Waals surface area (Å²) in [5, 5.41) is 14.3. The molecule has 1 unspecified atom stereocenters. The van der Waals surface area contributed by atoms with Gasteiger partial charge in [0, 0.05) is 49.5 Å². The van der Waals surface area contributed by atoms with Gasteiger partial charge < -0.3 is 20.9 Å². The number of piperidine rings is 2. The smallest absolute Gasteiger partial charge is 0.272 e. The van der Waals surface area contributed by atoms with Gasteiger partial charge in [-0.1, -0.05) is 0 Å². The van der Waals surface area contributed by atoms with Crippen molar-refractivity contribution in [3.8, 4) is 0 Å². The SMILES string of the molecule is Cc1cc(Nc2nc(N3CCCCC3)nc(N3CCCC(N)C3)n2)ccc1[N+](=O)[O-]. The molecule has 10 heteroatoms. The Balaban J connectivity index is 1.64. The lowest BCUT2D eigenvalue weighted by molar-refractivity contribution is -0.385. The fraction of sp³-hybridized carbons (Fsp3) is 0.550. The molecule has 0 radical (unpaired) electrons. The summed E-state index contributed by atoms with van der Waals surface area (Å²) in [7, 11) is 0. The maximum Gasteiger partial charge on any atom is 0.272 e. The molecule has 0 aliphatic carbocycles. The van der Waals surface area contributed by atoms with E-state index in [1.54, 1.807) is 19.1 Å². The van der Waals surface area contributed by atoms with Crippen molar-refractivity contribution in [2.75, 3.05) is 41.3 Å². The second-order valence-corrected chi connectivity index (χ2v) is 8.04. The van der Waals surface area contributed by atoms with Crippen molar-refractivity contribution < 1.29 is 4.92 Å². The second kappa shape index (κ2) is 8.78. The molecule has 0 saturated carbocycles. The molecule has 1 aromatic heterocycles. The van der Waals surface area contributed by atoms with Crippen molar-refractivity contribution in [1.29, 1.82) is 0 Å². The monoisotopic (exact) mass is 412 g/mol. The van der Waals surface area contributed by atoms with Gasteiger partial charge >= 0.3 is 0 Å². The van der Waals surface area contributed by atoms with Gasteiger partial charge in [-0.05, 0) is 51.2 Å². The molecule has 0 amide bonds. The van der Waals surface area contributed by atoms with Gasteiger partial charge in [0.25, 0.3) is 5.69 Å². The Morgan fingerprint density at radius 1 is 1.07 bits per heavy atom. The third-order valence-electron chi connectivity index (χ3n) is 5.64. The highest BCUT2D eigenvalue weighted by atomic mass is 16.6. The van der Waals surface area contributed by atoms with Crippen LogP contribution >= 0.6 is 0 Å². The molecule has 0 bridgehead atoms. The lowest BCUT2D eigenvalue weighted by atomic mass is 10.1. The van der Waals surface area contributed by atoms with Gasteiger partial charge in [-0.3, -0.25) is 10.1 Å². The predicted octanol–water partition coefficient (Wildman–Crippen LogP) is 2.75. The van der Waals surface area contributed by atoms with Gasteiger partial charge in [0.1, 0.15) is 0 Å². The molecule has 4 rings (SSSR count). The molecule has 160 valence electrons. The minimum Gasteiger partial charge on any atom is -0.341 e. The maximum atomic E-state index is 11.1. The summed E-state index contributed by atoms with van der Waals surface area (Å²) in [6, 6.07) is 5.02. The molecule has 2 aromatic rings. The van der Waals surface area contributed by atoms with E-state index in [0.29, 0.717) is 29.1 Å². The van der Waals surface area contributed by atoms with Crippen molar-refractivity contribution in [2.45, 2.75) is 45.1 Å². The number of nitrogens with one attached hydrogen (secondary N) is 1. The molecule has 2 aliphatic heterocycles. The molecule has 10 nitrogen and oxygen atoms in total. The van der Waals surface area contributed by atoms with Gasteiger partial charge in [0.15, 0.2) is 0 Å². The molecule has 2 saturated heterocycles. The first-order valence-electron chi connectivity index (χ1n) is 10.5. The maximum absolute atomic E-state index is 11.1. The van der Waals surface area contributed by atoms with Crippen molar-refractivity contribution >= 4 is 29.2 Å². The van der Waals surface area contributed by atoms with Crippen molar-refractivity contribution in [3.05, 3.63) is 33.9 Å². The fourth-order valence-electron chi connectivity index (χ4n) is 4.05. The first-order chi connectivity index (χ1) is 14.5. The van der Waals surface area contributed by atoms with E-state index in [9.17, 15) is 10.1 Å². The molecular formula is C20H28N8O2. The minimum atomic E-state index is -0.381. The average molecular weight is 412 g/mol. The van der Waals surface area contributed by atoms with Gasteiger partial charge in [0.05, 0.1) is 4.92 Å². The number of nitro groups is 1.